The van der Waals surface area contributed by atoms with E-state index in [0.29, 0.717) is 27.5 Å². The van der Waals surface area contributed by atoms with E-state index in [1.165, 1.54) is 0 Å². The van der Waals surface area contributed by atoms with Gasteiger partial charge < -0.3 is 14.6 Å². The second kappa shape index (κ2) is 8.96. The fraction of sp³-hybridized carbons (Fsp3) is 0.250. The molecule has 0 saturated heterocycles. The second-order valence-corrected chi connectivity index (χ2v) is 9.76. The standard InChI is InChI=1S/C24H22ClN3O4S/c1-11-6-12(2)22(18(25)7-11)27-20(29)10-31-24(30)17-9-19(16-8-13(3)33-15(16)5)26-23-21(17)14(4)28-32-23/h6-9H,10H2,1-5H3,(H,27,29). The third-order valence-electron chi connectivity index (χ3n) is 5.18. The fourth-order valence-electron chi connectivity index (χ4n) is 3.74. The van der Waals surface area contributed by atoms with E-state index in [4.69, 9.17) is 20.9 Å². The number of ether oxygens (including phenoxy) is 1. The van der Waals surface area contributed by atoms with Gasteiger partial charge in [-0.2, -0.15) is 0 Å². The number of pyridine rings is 1. The van der Waals surface area contributed by atoms with Gasteiger partial charge in [0.2, 0.25) is 0 Å². The van der Waals surface area contributed by atoms with Gasteiger partial charge in [0.05, 0.1) is 33.0 Å². The number of amides is 1. The van der Waals surface area contributed by atoms with Crippen LogP contribution in [-0.2, 0) is 9.53 Å². The number of thiophene rings is 1. The molecule has 9 heteroatoms. The first-order chi connectivity index (χ1) is 15.6. The van der Waals surface area contributed by atoms with Crippen molar-refractivity contribution in [1.29, 1.82) is 0 Å². The van der Waals surface area contributed by atoms with Crippen LogP contribution in [0.2, 0.25) is 5.02 Å². The van der Waals surface area contributed by atoms with Gasteiger partial charge in [-0.15, -0.1) is 11.3 Å². The maximum Gasteiger partial charge on any atom is 0.339 e. The Morgan fingerprint density at radius 1 is 1.12 bits per heavy atom. The van der Waals surface area contributed by atoms with Gasteiger partial charge in [-0.25, -0.2) is 9.78 Å². The van der Waals surface area contributed by atoms with E-state index in [0.717, 1.165) is 26.4 Å². The quantitative estimate of drug-likeness (QED) is 0.353. The summed E-state index contributed by atoms with van der Waals surface area (Å²) in [7, 11) is 0. The van der Waals surface area contributed by atoms with Crippen molar-refractivity contribution in [2.24, 2.45) is 0 Å². The normalized spacial score (nSPS) is 11.1. The number of aromatic nitrogens is 2. The van der Waals surface area contributed by atoms with Crippen molar-refractivity contribution in [1.82, 2.24) is 10.1 Å². The van der Waals surface area contributed by atoms with Gasteiger partial charge in [-0.3, -0.25) is 4.79 Å². The number of benzene rings is 1. The minimum Gasteiger partial charge on any atom is -0.452 e. The molecular formula is C24H22ClN3O4S. The highest BCUT2D eigenvalue weighted by atomic mass is 35.5. The Labute approximate surface area is 199 Å². The molecule has 1 N–H and O–H groups in total. The van der Waals surface area contributed by atoms with E-state index >= 15 is 0 Å². The van der Waals surface area contributed by atoms with Crippen LogP contribution in [0.25, 0.3) is 22.4 Å². The smallest absolute Gasteiger partial charge is 0.339 e. The van der Waals surface area contributed by atoms with Crippen molar-refractivity contribution in [2.45, 2.75) is 34.6 Å². The summed E-state index contributed by atoms with van der Waals surface area (Å²) in [5.41, 5.74) is 4.79. The lowest BCUT2D eigenvalue weighted by molar-refractivity contribution is -0.119. The Kier molecular flexibility index (Phi) is 6.23. The molecule has 0 aliphatic heterocycles. The van der Waals surface area contributed by atoms with E-state index in [9.17, 15) is 9.59 Å². The average molecular weight is 484 g/mol. The van der Waals surface area contributed by atoms with Crippen LogP contribution in [0.4, 0.5) is 5.69 Å². The highest BCUT2D eigenvalue weighted by Gasteiger charge is 2.22. The molecule has 0 radical (unpaired) electrons. The van der Waals surface area contributed by atoms with E-state index in [2.05, 4.69) is 15.5 Å². The summed E-state index contributed by atoms with van der Waals surface area (Å²) >= 11 is 7.89. The molecule has 0 aliphatic carbocycles. The molecule has 170 valence electrons. The third kappa shape index (κ3) is 4.62. The van der Waals surface area contributed by atoms with Crippen molar-refractivity contribution in [3.63, 3.8) is 0 Å². The van der Waals surface area contributed by atoms with Crippen molar-refractivity contribution in [3.05, 3.63) is 61.4 Å². The zero-order chi connectivity index (χ0) is 23.9. The van der Waals surface area contributed by atoms with Crippen LogP contribution >= 0.6 is 22.9 Å². The summed E-state index contributed by atoms with van der Waals surface area (Å²) in [6.07, 6.45) is 0. The van der Waals surface area contributed by atoms with Gasteiger partial charge in [0.1, 0.15) is 0 Å². The van der Waals surface area contributed by atoms with Crippen LogP contribution in [0.3, 0.4) is 0 Å². The lowest BCUT2D eigenvalue weighted by Crippen LogP contribution is -2.21. The summed E-state index contributed by atoms with van der Waals surface area (Å²) < 4.78 is 10.7. The summed E-state index contributed by atoms with van der Waals surface area (Å²) in [6.45, 7) is 9.01. The lowest BCUT2D eigenvalue weighted by Gasteiger charge is -2.12. The average Bonchev–Trinajstić information content (AvgIpc) is 3.29. The molecule has 4 aromatic rings. The third-order valence-corrected chi connectivity index (χ3v) is 6.45. The largest absolute Gasteiger partial charge is 0.452 e. The minimum absolute atomic E-state index is 0.242. The number of hydrogen-bond donors (Lipinski definition) is 1. The molecule has 3 aromatic heterocycles. The maximum atomic E-state index is 13.0. The molecule has 0 bridgehead atoms. The second-order valence-electron chi connectivity index (χ2n) is 7.89. The number of halogens is 1. The van der Waals surface area contributed by atoms with Gasteiger partial charge >= 0.3 is 5.97 Å². The molecule has 0 spiro atoms. The van der Waals surface area contributed by atoms with Crippen molar-refractivity contribution in [3.8, 4) is 11.3 Å². The predicted molar refractivity (Wildman–Crippen MR) is 129 cm³/mol. The summed E-state index contributed by atoms with van der Waals surface area (Å²) in [6, 6.07) is 7.33. The van der Waals surface area contributed by atoms with Crippen LogP contribution in [0, 0.1) is 34.6 Å². The van der Waals surface area contributed by atoms with Gasteiger partial charge in [0.25, 0.3) is 11.6 Å². The number of carbonyl (C=O) groups is 2. The highest BCUT2D eigenvalue weighted by molar-refractivity contribution is 7.12. The molecular weight excluding hydrogens is 462 g/mol. The van der Waals surface area contributed by atoms with E-state index in [1.807, 2.05) is 39.8 Å². The Hall–Kier alpha value is -3.23. The van der Waals surface area contributed by atoms with E-state index < -0.39 is 18.5 Å². The summed E-state index contributed by atoms with van der Waals surface area (Å²) in [5, 5.41) is 7.54. The topological polar surface area (TPSA) is 94.3 Å². The molecule has 7 nitrogen and oxygen atoms in total. The number of nitrogens with zero attached hydrogens (tertiary/aromatic N) is 2. The maximum absolute atomic E-state index is 13.0. The van der Waals surface area contributed by atoms with Gasteiger partial charge in [0.15, 0.2) is 6.61 Å². The summed E-state index contributed by atoms with van der Waals surface area (Å²) in [4.78, 5) is 32.2. The molecule has 0 aliphatic rings. The van der Waals surface area contributed by atoms with Crippen molar-refractivity contribution in [2.75, 3.05) is 11.9 Å². The van der Waals surface area contributed by atoms with Crippen LogP contribution in [0.5, 0.6) is 0 Å². The highest BCUT2D eigenvalue weighted by Crippen LogP contribution is 2.33. The molecule has 1 amide bonds. The zero-order valence-corrected chi connectivity index (χ0v) is 20.4. The monoisotopic (exact) mass is 483 g/mol. The molecule has 0 atom stereocenters. The van der Waals surface area contributed by atoms with Crippen LogP contribution in [0.1, 0.15) is 36.9 Å². The molecule has 0 saturated carbocycles. The van der Waals surface area contributed by atoms with Gasteiger partial charge in [-0.05, 0) is 63.9 Å². The summed E-state index contributed by atoms with van der Waals surface area (Å²) in [5.74, 6) is -1.16. The molecule has 4 rings (SSSR count). The number of anilines is 1. The SMILES string of the molecule is Cc1cc(C)c(NC(=O)COC(=O)c2cc(-c3cc(C)sc3C)nc3onc(C)c23)c(Cl)c1. The number of hydrogen-bond acceptors (Lipinski definition) is 7. The minimum atomic E-state index is -0.665. The Bertz CT molecular complexity index is 1380. The number of fused-ring (bicyclic) bond motifs is 1. The first-order valence-corrected chi connectivity index (χ1v) is 11.4. The zero-order valence-electron chi connectivity index (χ0n) is 18.8. The number of esters is 1. The number of carbonyl (C=O) groups excluding carboxylic acids is 2. The number of rotatable bonds is 5. The van der Waals surface area contributed by atoms with Gasteiger partial charge in [0, 0.05) is 15.3 Å². The van der Waals surface area contributed by atoms with Crippen molar-refractivity contribution >= 4 is 51.6 Å². The Balaban J connectivity index is 1.58. The lowest BCUT2D eigenvalue weighted by atomic mass is 10.1. The Morgan fingerprint density at radius 2 is 1.88 bits per heavy atom. The molecule has 0 fully saturated rings. The van der Waals surface area contributed by atoms with Crippen LogP contribution < -0.4 is 5.32 Å². The van der Waals surface area contributed by atoms with E-state index in [-0.39, 0.29) is 11.3 Å². The number of nitrogens with one attached hydrogen (secondary N) is 1. The molecule has 3 heterocycles. The first-order valence-electron chi connectivity index (χ1n) is 10.2. The predicted octanol–water partition coefficient (Wildman–Crippen LogP) is 5.94. The molecule has 33 heavy (non-hydrogen) atoms. The first kappa shape index (κ1) is 22.9. The van der Waals surface area contributed by atoms with E-state index in [1.54, 1.807) is 30.4 Å². The Morgan fingerprint density at radius 3 is 2.55 bits per heavy atom. The van der Waals surface area contributed by atoms with Gasteiger partial charge in [-0.1, -0.05) is 22.8 Å². The molecule has 0 unspecified atom stereocenters. The number of aryl methyl sites for hydroxylation is 5. The van der Waals surface area contributed by atoms with Crippen LogP contribution in [0.15, 0.2) is 28.8 Å². The van der Waals surface area contributed by atoms with Crippen molar-refractivity contribution < 1.29 is 18.8 Å². The fourth-order valence-corrected chi connectivity index (χ4v) is 5.04. The molecule has 1 aromatic carbocycles. The van der Waals surface area contributed by atoms with Crippen LogP contribution in [-0.4, -0.2) is 28.6 Å².